The van der Waals surface area contributed by atoms with Crippen molar-refractivity contribution in [2.45, 2.75) is 50.2 Å². The summed E-state index contributed by atoms with van der Waals surface area (Å²) in [5.74, 6) is 0.746. The molecule has 2 aliphatic carbocycles. The lowest BCUT2D eigenvalue weighted by atomic mass is 9.95. The van der Waals surface area contributed by atoms with Crippen molar-refractivity contribution >= 4 is 5.91 Å². The molecule has 5 heteroatoms. The van der Waals surface area contributed by atoms with E-state index in [0.29, 0.717) is 18.0 Å². The predicted molar refractivity (Wildman–Crippen MR) is 91.1 cm³/mol. The van der Waals surface area contributed by atoms with Gasteiger partial charge in [-0.15, -0.1) is 0 Å². The number of aliphatic hydroxyl groups is 1. The van der Waals surface area contributed by atoms with Crippen molar-refractivity contribution in [3.63, 3.8) is 0 Å². The molecule has 2 saturated carbocycles. The quantitative estimate of drug-likeness (QED) is 0.715. The number of amides is 1. The molecule has 3 N–H and O–H groups in total. The number of hydrogen-bond donors (Lipinski definition) is 3. The van der Waals surface area contributed by atoms with Crippen LogP contribution in [-0.4, -0.2) is 29.6 Å². The van der Waals surface area contributed by atoms with E-state index in [9.17, 15) is 9.90 Å². The van der Waals surface area contributed by atoms with E-state index in [2.05, 4.69) is 16.7 Å². The highest BCUT2D eigenvalue weighted by molar-refractivity contribution is 5.86. The summed E-state index contributed by atoms with van der Waals surface area (Å²) >= 11 is 0. The maximum absolute atomic E-state index is 12.6. The second-order valence-electron chi connectivity index (χ2n) is 7.07. The molecule has 0 spiro atoms. The number of carbonyl (C=O) groups excluding carboxylic acids is 1. The van der Waals surface area contributed by atoms with Crippen molar-refractivity contribution in [1.29, 1.82) is 5.26 Å². The number of carbonyl (C=O) groups is 1. The first-order valence-corrected chi connectivity index (χ1v) is 8.84. The van der Waals surface area contributed by atoms with E-state index in [4.69, 9.17) is 5.26 Å². The zero-order valence-corrected chi connectivity index (χ0v) is 13.9. The van der Waals surface area contributed by atoms with Gasteiger partial charge in [-0.2, -0.15) is 5.26 Å². The van der Waals surface area contributed by atoms with E-state index in [0.717, 1.165) is 37.8 Å². The number of nitriles is 1. The number of nitrogens with one attached hydrogen (secondary N) is 2. The van der Waals surface area contributed by atoms with Crippen molar-refractivity contribution in [3.05, 3.63) is 35.4 Å². The second kappa shape index (κ2) is 7.33. The number of benzene rings is 1. The van der Waals surface area contributed by atoms with E-state index in [1.165, 1.54) is 12.8 Å². The molecule has 1 aromatic carbocycles. The van der Waals surface area contributed by atoms with Crippen LogP contribution in [0.3, 0.4) is 0 Å². The van der Waals surface area contributed by atoms with E-state index in [1.54, 1.807) is 24.3 Å². The fraction of sp³-hybridized carbons (Fsp3) is 0.579. The minimum Gasteiger partial charge on any atom is -0.387 e. The maximum Gasteiger partial charge on any atom is 0.240 e. The van der Waals surface area contributed by atoms with Crippen LogP contribution in [0.2, 0.25) is 0 Å². The minimum atomic E-state index is -0.688. The topological polar surface area (TPSA) is 85.2 Å². The van der Waals surface area contributed by atoms with Gasteiger partial charge >= 0.3 is 0 Å². The summed E-state index contributed by atoms with van der Waals surface area (Å²) in [6, 6.07) is 9.00. The smallest absolute Gasteiger partial charge is 0.240 e. The number of hydrogen-bond acceptors (Lipinski definition) is 4. The summed E-state index contributed by atoms with van der Waals surface area (Å²) < 4.78 is 0. The molecule has 128 valence electrons. The Bertz CT molecular complexity index is 610. The average molecular weight is 327 g/mol. The van der Waals surface area contributed by atoms with Crippen molar-refractivity contribution in [2.75, 3.05) is 13.1 Å². The Balaban J connectivity index is 1.58. The third kappa shape index (κ3) is 3.95. The van der Waals surface area contributed by atoms with Gasteiger partial charge in [0.15, 0.2) is 0 Å². The average Bonchev–Trinajstić information content (AvgIpc) is 3.33. The zero-order chi connectivity index (χ0) is 17.0. The highest BCUT2D eigenvalue weighted by atomic mass is 16.3. The summed E-state index contributed by atoms with van der Waals surface area (Å²) in [5, 5.41) is 25.7. The molecule has 2 fully saturated rings. The van der Waals surface area contributed by atoms with Crippen LogP contribution in [-0.2, 0) is 4.79 Å². The van der Waals surface area contributed by atoms with Crippen LogP contribution in [0.1, 0.15) is 55.8 Å². The number of β-amino-alcohol motifs (C(OH)–C–C–N with tert-alkyl or cyclic N) is 1. The Kier molecular flexibility index (Phi) is 5.17. The molecule has 24 heavy (non-hydrogen) atoms. The molecule has 2 aliphatic rings. The Morgan fingerprint density at radius 1 is 1.29 bits per heavy atom. The van der Waals surface area contributed by atoms with Crippen LogP contribution in [0.5, 0.6) is 0 Å². The van der Waals surface area contributed by atoms with Gasteiger partial charge in [0.25, 0.3) is 0 Å². The third-order valence-corrected chi connectivity index (χ3v) is 5.20. The van der Waals surface area contributed by atoms with Gasteiger partial charge in [0, 0.05) is 13.1 Å². The first-order valence-electron chi connectivity index (χ1n) is 8.84. The fourth-order valence-electron chi connectivity index (χ4n) is 3.38. The molecule has 1 aromatic rings. The van der Waals surface area contributed by atoms with Crippen molar-refractivity contribution in [3.8, 4) is 6.07 Å². The number of rotatable bonds is 7. The van der Waals surface area contributed by atoms with E-state index >= 15 is 0 Å². The van der Waals surface area contributed by atoms with Crippen molar-refractivity contribution in [2.24, 2.45) is 5.92 Å². The SMILES string of the molecule is N#Cc1ccc(C(O)CNC2(C(=O)NCC3CC3)CCCC2)cc1. The van der Waals surface area contributed by atoms with Gasteiger partial charge in [-0.1, -0.05) is 25.0 Å². The molecule has 3 rings (SSSR count). The summed E-state index contributed by atoms with van der Waals surface area (Å²) in [4.78, 5) is 12.6. The maximum atomic E-state index is 12.6. The van der Waals surface area contributed by atoms with Gasteiger partial charge in [-0.3, -0.25) is 4.79 Å². The molecule has 1 amide bonds. The predicted octanol–water partition coefficient (Wildman–Crippen LogP) is 2.02. The molecule has 0 aliphatic heterocycles. The van der Waals surface area contributed by atoms with Crippen LogP contribution >= 0.6 is 0 Å². The molecular weight excluding hydrogens is 302 g/mol. The Morgan fingerprint density at radius 2 is 1.96 bits per heavy atom. The van der Waals surface area contributed by atoms with Gasteiger partial charge in [0.2, 0.25) is 5.91 Å². The van der Waals surface area contributed by atoms with E-state index in [-0.39, 0.29) is 5.91 Å². The monoisotopic (exact) mass is 327 g/mol. The molecule has 0 bridgehead atoms. The summed E-state index contributed by atoms with van der Waals surface area (Å²) in [7, 11) is 0. The molecule has 0 aromatic heterocycles. The first kappa shape index (κ1) is 16.9. The summed E-state index contributed by atoms with van der Waals surface area (Å²) in [5.41, 5.74) is 0.793. The lowest BCUT2D eigenvalue weighted by molar-refractivity contribution is -0.127. The number of nitrogens with zero attached hydrogens (tertiary/aromatic N) is 1. The van der Waals surface area contributed by atoms with Gasteiger partial charge < -0.3 is 15.7 Å². The minimum absolute atomic E-state index is 0.0823. The Hall–Kier alpha value is -1.90. The Morgan fingerprint density at radius 3 is 2.54 bits per heavy atom. The third-order valence-electron chi connectivity index (χ3n) is 5.20. The Labute approximate surface area is 143 Å². The van der Waals surface area contributed by atoms with Gasteiger partial charge in [0.1, 0.15) is 0 Å². The fourth-order valence-corrected chi connectivity index (χ4v) is 3.38. The summed E-state index contributed by atoms with van der Waals surface area (Å²) in [6.07, 6.45) is 5.48. The standard InChI is InChI=1S/C19H25N3O2/c20-11-14-5-7-16(8-6-14)17(23)13-22-19(9-1-2-10-19)18(24)21-12-15-3-4-15/h5-8,15,17,22-23H,1-4,9-10,12-13H2,(H,21,24). The van der Waals surface area contributed by atoms with E-state index in [1.807, 2.05) is 0 Å². The normalized spacial score (nSPS) is 20.3. The molecule has 1 atom stereocenters. The highest BCUT2D eigenvalue weighted by Gasteiger charge is 2.41. The lowest BCUT2D eigenvalue weighted by Crippen LogP contribution is -2.56. The van der Waals surface area contributed by atoms with Gasteiger partial charge in [-0.05, 0) is 49.3 Å². The lowest BCUT2D eigenvalue weighted by Gasteiger charge is -2.30. The molecule has 5 nitrogen and oxygen atoms in total. The largest absolute Gasteiger partial charge is 0.387 e. The van der Waals surface area contributed by atoms with Gasteiger partial charge in [-0.25, -0.2) is 0 Å². The summed E-state index contributed by atoms with van der Waals surface area (Å²) in [6.45, 7) is 1.11. The van der Waals surface area contributed by atoms with Crippen LogP contribution in [0, 0.1) is 17.2 Å². The second-order valence-corrected chi connectivity index (χ2v) is 7.07. The first-order chi connectivity index (χ1) is 11.6. The van der Waals surface area contributed by atoms with Gasteiger partial charge in [0.05, 0.1) is 23.3 Å². The molecule has 0 heterocycles. The zero-order valence-electron chi connectivity index (χ0n) is 13.9. The van der Waals surface area contributed by atoms with Crippen molar-refractivity contribution in [1.82, 2.24) is 10.6 Å². The highest BCUT2D eigenvalue weighted by Crippen LogP contribution is 2.32. The molecule has 0 radical (unpaired) electrons. The molecule has 1 unspecified atom stereocenters. The van der Waals surface area contributed by atoms with Crippen molar-refractivity contribution < 1.29 is 9.90 Å². The van der Waals surface area contributed by atoms with Crippen LogP contribution < -0.4 is 10.6 Å². The van der Waals surface area contributed by atoms with Crippen LogP contribution in [0.4, 0.5) is 0 Å². The van der Waals surface area contributed by atoms with Crippen LogP contribution in [0.15, 0.2) is 24.3 Å². The van der Waals surface area contributed by atoms with Crippen LogP contribution in [0.25, 0.3) is 0 Å². The number of aliphatic hydroxyl groups excluding tert-OH is 1. The molecular formula is C19H25N3O2. The molecule has 0 saturated heterocycles. The van der Waals surface area contributed by atoms with E-state index < -0.39 is 11.6 Å².